The first-order valence-electron chi connectivity index (χ1n) is 4.48. The molecule has 0 atom stereocenters. The molecule has 1 aliphatic carbocycles. The first-order valence-corrected chi connectivity index (χ1v) is 4.48. The van der Waals surface area contributed by atoms with Crippen molar-refractivity contribution in [3.05, 3.63) is 0 Å². The third kappa shape index (κ3) is 2.91. The lowest BCUT2D eigenvalue weighted by Gasteiger charge is -2.23. The summed E-state index contributed by atoms with van der Waals surface area (Å²) in [4.78, 5) is 11.0. The van der Waals surface area contributed by atoms with Gasteiger partial charge in [-0.1, -0.05) is 13.3 Å². The van der Waals surface area contributed by atoms with Crippen molar-refractivity contribution in [3.8, 4) is 0 Å². The second kappa shape index (κ2) is 4.37. The van der Waals surface area contributed by atoms with E-state index in [0.29, 0.717) is 18.9 Å². The molecule has 0 spiro atoms. The molecular weight excluding hydrogens is 140 g/mol. The number of carbonyl (C=O) groups is 1. The molecule has 2 nitrogen and oxygen atoms in total. The van der Waals surface area contributed by atoms with Gasteiger partial charge in [-0.2, -0.15) is 0 Å². The maximum Gasteiger partial charge on any atom is 0.306 e. The van der Waals surface area contributed by atoms with Gasteiger partial charge in [0.25, 0.3) is 0 Å². The van der Waals surface area contributed by atoms with Gasteiger partial charge < -0.3 is 4.74 Å². The molecule has 2 heteroatoms. The van der Waals surface area contributed by atoms with Gasteiger partial charge in [-0.25, -0.2) is 0 Å². The Labute approximate surface area is 67.9 Å². The lowest BCUT2D eigenvalue weighted by molar-refractivity contribution is -0.145. The molecule has 0 heterocycles. The smallest absolute Gasteiger partial charge is 0.306 e. The minimum absolute atomic E-state index is 0.00319. The topological polar surface area (TPSA) is 26.3 Å². The van der Waals surface area contributed by atoms with Crippen LogP contribution in [-0.4, -0.2) is 12.6 Å². The Balaban J connectivity index is 2.00. The van der Waals surface area contributed by atoms with E-state index in [4.69, 9.17) is 4.74 Å². The zero-order valence-electron chi connectivity index (χ0n) is 7.14. The van der Waals surface area contributed by atoms with E-state index in [1.807, 2.05) is 6.92 Å². The van der Waals surface area contributed by atoms with Crippen molar-refractivity contribution in [1.82, 2.24) is 0 Å². The molecule has 1 aliphatic rings. The zero-order chi connectivity index (χ0) is 8.10. The fourth-order valence-electron chi connectivity index (χ4n) is 1.21. The molecule has 0 saturated heterocycles. The van der Waals surface area contributed by atoms with Crippen LogP contribution in [0.15, 0.2) is 0 Å². The third-order valence-electron chi connectivity index (χ3n) is 2.15. The SMILES string of the molecule is CCCOC(=O)CC1CCC1. The van der Waals surface area contributed by atoms with Gasteiger partial charge in [0.1, 0.15) is 0 Å². The quantitative estimate of drug-likeness (QED) is 0.583. The lowest BCUT2D eigenvalue weighted by atomic mass is 9.83. The number of carbonyl (C=O) groups excluding carboxylic acids is 1. The predicted octanol–water partition coefficient (Wildman–Crippen LogP) is 2.13. The maximum absolute atomic E-state index is 11.0. The van der Waals surface area contributed by atoms with Crippen molar-refractivity contribution in [1.29, 1.82) is 0 Å². The average Bonchev–Trinajstić information content (AvgIpc) is 1.93. The van der Waals surface area contributed by atoms with Crippen LogP contribution in [0.3, 0.4) is 0 Å². The molecule has 1 fully saturated rings. The molecule has 0 aromatic carbocycles. The summed E-state index contributed by atoms with van der Waals surface area (Å²) in [6, 6.07) is 0. The number of ether oxygens (including phenoxy) is 1. The Hall–Kier alpha value is -0.530. The van der Waals surface area contributed by atoms with Gasteiger partial charge in [0.2, 0.25) is 0 Å². The molecule has 0 radical (unpaired) electrons. The molecule has 0 aromatic rings. The maximum atomic E-state index is 11.0. The van der Waals surface area contributed by atoms with Crippen LogP contribution >= 0.6 is 0 Å². The minimum Gasteiger partial charge on any atom is -0.466 e. The fourth-order valence-corrected chi connectivity index (χ4v) is 1.21. The van der Waals surface area contributed by atoms with Crippen LogP contribution in [0.4, 0.5) is 0 Å². The van der Waals surface area contributed by atoms with Crippen LogP contribution in [-0.2, 0) is 9.53 Å². The van der Waals surface area contributed by atoms with Crippen LogP contribution in [0.25, 0.3) is 0 Å². The Kier molecular flexibility index (Phi) is 3.40. The summed E-state index contributed by atoms with van der Waals surface area (Å²) in [6.45, 7) is 2.60. The normalized spacial score (nSPS) is 17.5. The largest absolute Gasteiger partial charge is 0.466 e. The molecule has 1 rings (SSSR count). The van der Waals surface area contributed by atoms with Gasteiger partial charge in [0.05, 0.1) is 6.61 Å². The minimum atomic E-state index is -0.00319. The average molecular weight is 156 g/mol. The standard InChI is InChI=1S/C9H16O2/c1-2-6-11-9(10)7-8-4-3-5-8/h8H,2-7H2,1H3. The van der Waals surface area contributed by atoms with E-state index in [1.54, 1.807) is 0 Å². The van der Waals surface area contributed by atoms with Crippen molar-refractivity contribution < 1.29 is 9.53 Å². The summed E-state index contributed by atoms with van der Waals surface area (Å²) in [5.41, 5.74) is 0. The number of rotatable bonds is 4. The monoisotopic (exact) mass is 156 g/mol. The van der Waals surface area contributed by atoms with Gasteiger partial charge in [-0.3, -0.25) is 4.79 Å². The Morgan fingerprint density at radius 1 is 1.55 bits per heavy atom. The van der Waals surface area contributed by atoms with E-state index < -0.39 is 0 Å². The highest BCUT2D eigenvalue weighted by atomic mass is 16.5. The van der Waals surface area contributed by atoms with Crippen LogP contribution in [0.5, 0.6) is 0 Å². The summed E-state index contributed by atoms with van der Waals surface area (Å²) < 4.78 is 4.96. The van der Waals surface area contributed by atoms with Crippen molar-refractivity contribution in [2.24, 2.45) is 5.92 Å². The van der Waals surface area contributed by atoms with E-state index in [9.17, 15) is 4.79 Å². The molecule has 11 heavy (non-hydrogen) atoms. The molecule has 64 valence electrons. The molecule has 0 amide bonds. The molecule has 0 unspecified atom stereocenters. The fraction of sp³-hybridized carbons (Fsp3) is 0.889. The summed E-state index contributed by atoms with van der Waals surface area (Å²) in [5, 5.41) is 0. The van der Waals surface area contributed by atoms with Gasteiger partial charge in [-0.05, 0) is 25.2 Å². The van der Waals surface area contributed by atoms with E-state index in [1.165, 1.54) is 19.3 Å². The predicted molar refractivity (Wildman–Crippen MR) is 43.2 cm³/mol. The van der Waals surface area contributed by atoms with Crippen LogP contribution < -0.4 is 0 Å². The first-order chi connectivity index (χ1) is 5.33. The molecular formula is C9H16O2. The second-order valence-corrected chi connectivity index (χ2v) is 3.22. The van der Waals surface area contributed by atoms with E-state index in [0.717, 1.165) is 6.42 Å². The third-order valence-corrected chi connectivity index (χ3v) is 2.15. The van der Waals surface area contributed by atoms with Gasteiger partial charge in [-0.15, -0.1) is 0 Å². The summed E-state index contributed by atoms with van der Waals surface area (Å²) in [5.74, 6) is 0.635. The highest BCUT2D eigenvalue weighted by molar-refractivity contribution is 5.69. The molecule has 0 N–H and O–H groups in total. The van der Waals surface area contributed by atoms with E-state index in [2.05, 4.69) is 0 Å². The molecule has 1 saturated carbocycles. The lowest BCUT2D eigenvalue weighted by Crippen LogP contribution is -2.17. The van der Waals surface area contributed by atoms with Gasteiger partial charge in [0, 0.05) is 6.42 Å². The summed E-state index contributed by atoms with van der Waals surface area (Å²) in [7, 11) is 0. The molecule has 0 aliphatic heterocycles. The summed E-state index contributed by atoms with van der Waals surface area (Å²) >= 11 is 0. The number of hydrogen-bond donors (Lipinski definition) is 0. The Bertz CT molecular complexity index is 128. The van der Waals surface area contributed by atoms with Crippen LogP contribution in [0.2, 0.25) is 0 Å². The van der Waals surface area contributed by atoms with Crippen LogP contribution in [0.1, 0.15) is 39.0 Å². The van der Waals surface area contributed by atoms with E-state index in [-0.39, 0.29) is 5.97 Å². The van der Waals surface area contributed by atoms with Crippen molar-refractivity contribution in [3.63, 3.8) is 0 Å². The highest BCUT2D eigenvalue weighted by Crippen LogP contribution is 2.29. The number of hydrogen-bond acceptors (Lipinski definition) is 2. The van der Waals surface area contributed by atoms with Gasteiger partial charge >= 0.3 is 5.97 Å². The molecule has 0 aromatic heterocycles. The highest BCUT2D eigenvalue weighted by Gasteiger charge is 2.20. The van der Waals surface area contributed by atoms with Crippen molar-refractivity contribution in [2.75, 3.05) is 6.61 Å². The number of esters is 1. The van der Waals surface area contributed by atoms with E-state index >= 15 is 0 Å². The van der Waals surface area contributed by atoms with Crippen molar-refractivity contribution >= 4 is 5.97 Å². The second-order valence-electron chi connectivity index (χ2n) is 3.22. The molecule has 0 bridgehead atoms. The van der Waals surface area contributed by atoms with Crippen molar-refractivity contribution in [2.45, 2.75) is 39.0 Å². The Morgan fingerprint density at radius 2 is 2.27 bits per heavy atom. The zero-order valence-corrected chi connectivity index (χ0v) is 7.14. The Morgan fingerprint density at radius 3 is 2.73 bits per heavy atom. The first kappa shape index (κ1) is 8.57. The van der Waals surface area contributed by atoms with Gasteiger partial charge in [0.15, 0.2) is 0 Å². The summed E-state index contributed by atoms with van der Waals surface area (Å²) in [6.07, 6.45) is 5.32. The van der Waals surface area contributed by atoms with Crippen LogP contribution in [0, 0.1) is 5.92 Å².